The SMILES string of the molecule is C=CCCC(NC(=O)CCC1CCOCC1)C(=O)O. The van der Waals surface area contributed by atoms with Crippen LogP contribution in [0, 0.1) is 5.92 Å². The number of nitrogens with one attached hydrogen (secondary N) is 1. The molecule has 1 heterocycles. The van der Waals surface area contributed by atoms with Crippen LogP contribution in [0.5, 0.6) is 0 Å². The van der Waals surface area contributed by atoms with E-state index < -0.39 is 12.0 Å². The second-order valence-electron chi connectivity index (χ2n) is 4.92. The number of amides is 1. The molecule has 0 aromatic heterocycles. The van der Waals surface area contributed by atoms with Gasteiger partial charge < -0.3 is 15.2 Å². The summed E-state index contributed by atoms with van der Waals surface area (Å²) in [6.07, 6.45) is 5.81. The van der Waals surface area contributed by atoms with Crippen molar-refractivity contribution in [2.45, 2.75) is 44.6 Å². The van der Waals surface area contributed by atoms with Gasteiger partial charge >= 0.3 is 5.97 Å². The fourth-order valence-electron chi connectivity index (χ4n) is 2.18. The number of allylic oxidation sites excluding steroid dienone is 1. The van der Waals surface area contributed by atoms with Crippen molar-refractivity contribution in [3.63, 3.8) is 0 Å². The zero-order valence-corrected chi connectivity index (χ0v) is 11.3. The van der Waals surface area contributed by atoms with Gasteiger partial charge in [-0.3, -0.25) is 4.79 Å². The molecule has 5 heteroatoms. The van der Waals surface area contributed by atoms with Gasteiger partial charge in [-0.1, -0.05) is 6.08 Å². The third-order valence-electron chi connectivity index (χ3n) is 3.41. The molecular weight excluding hydrogens is 246 g/mol. The number of hydrogen-bond donors (Lipinski definition) is 2. The predicted octanol–water partition coefficient (Wildman–Crippen LogP) is 1.73. The molecule has 1 rings (SSSR count). The van der Waals surface area contributed by atoms with Gasteiger partial charge in [0.25, 0.3) is 0 Å². The second-order valence-corrected chi connectivity index (χ2v) is 4.92. The Balaban J connectivity index is 2.26. The van der Waals surface area contributed by atoms with Crippen LogP contribution in [0.3, 0.4) is 0 Å². The zero-order chi connectivity index (χ0) is 14.1. The molecule has 108 valence electrons. The van der Waals surface area contributed by atoms with E-state index in [2.05, 4.69) is 11.9 Å². The summed E-state index contributed by atoms with van der Waals surface area (Å²) in [7, 11) is 0. The van der Waals surface area contributed by atoms with Crippen LogP contribution in [0.15, 0.2) is 12.7 Å². The lowest BCUT2D eigenvalue weighted by atomic mass is 9.95. The van der Waals surface area contributed by atoms with E-state index in [0.717, 1.165) is 32.5 Å². The Bertz CT molecular complexity index is 311. The fourth-order valence-corrected chi connectivity index (χ4v) is 2.18. The van der Waals surface area contributed by atoms with Gasteiger partial charge in [0.2, 0.25) is 5.91 Å². The van der Waals surface area contributed by atoms with Crippen LogP contribution in [0.1, 0.15) is 38.5 Å². The van der Waals surface area contributed by atoms with Crippen molar-refractivity contribution < 1.29 is 19.4 Å². The zero-order valence-electron chi connectivity index (χ0n) is 11.3. The van der Waals surface area contributed by atoms with Crippen LogP contribution in [-0.2, 0) is 14.3 Å². The molecule has 1 unspecified atom stereocenters. The third kappa shape index (κ3) is 6.38. The standard InChI is InChI=1S/C14H23NO4/c1-2-3-4-12(14(17)18)15-13(16)6-5-11-7-9-19-10-8-11/h2,11-12H,1,3-10H2,(H,15,16)(H,17,18). The van der Waals surface area contributed by atoms with Crippen LogP contribution in [0.2, 0.25) is 0 Å². The largest absolute Gasteiger partial charge is 0.480 e. The maximum atomic E-state index is 11.7. The van der Waals surface area contributed by atoms with E-state index in [-0.39, 0.29) is 5.91 Å². The molecule has 0 radical (unpaired) electrons. The van der Waals surface area contributed by atoms with Gasteiger partial charge in [0, 0.05) is 19.6 Å². The predicted molar refractivity (Wildman–Crippen MR) is 71.8 cm³/mol. The number of hydrogen-bond acceptors (Lipinski definition) is 3. The molecule has 1 aliphatic rings. The van der Waals surface area contributed by atoms with Crippen molar-refractivity contribution in [1.29, 1.82) is 0 Å². The first-order valence-corrected chi connectivity index (χ1v) is 6.84. The summed E-state index contributed by atoms with van der Waals surface area (Å²) in [5.74, 6) is -0.639. The molecule has 19 heavy (non-hydrogen) atoms. The lowest BCUT2D eigenvalue weighted by Gasteiger charge is -2.22. The van der Waals surface area contributed by atoms with Crippen molar-refractivity contribution in [1.82, 2.24) is 5.32 Å². The molecular formula is C14H23NO4. The maximum absolute atomic E-state index is 11.7. The van der Waals surface area contributed by atoms with Crippen LogP contribution in [-0.4, -0.2) is 36.2 Å². The minimum absolute atomic E-state index is 0.178. The van der Waals surface area contributed by atoms with Gasteiger partial charge in [-0.25, -0.2) is 4.79 Å². The Labute approximate surface area is 114 Å². The molecule has 0 aliphatic carbocycles. The Morgan fingerprint density at radius 1 is 1.42 bits per heavy atom. The summed E-state index contributed by atoms with van der Waals surface area (Å²) in [6.45, 7) is 5.09. The summed E-state index contributed by atoms with van der Waals surface area (Å²) < 4.78 is 5.26. The van der Waals surface area contributed by atoms with Gasteiger partial charge in [0.05, 0.1) is 0 Å². The van der Waals surface area contributed by atoms with E-state index in [1.165, 1.54) is 0 Å². The summed E-state index contributed by atoms with van der Waals surface area (Å²) in [4.78, 5) is 22.7. The highest BCUT2D eigenvalue weighted by molar-refractivity contribution is 5.83. The first-order chi connectivity index (χ1) is 9.13. The normalized spacial score (nSPS) is 17.7. The summed E-state index contributed by atoms with van der Waals surface area (Å²) in [5, 5.41) is 11.6. The molecule has 0 spiro atoms. The highest BCUT2D eigenvalue weighted by atomic mass is 16.5. The summed E-state index contributed by atoms with van der Waals surface area (Å²) >= 11 is 0. The van der Waals surface area contributed by atoms with Gasteiger partial charge in [-0.15, -0.1) is 6.58 Å². The van der Waals surface area contributed by atoms with Gasteiger partial charge in [0.15, 0.2) is 0 Å². The Hall–Kier alpha value is -1.36. The minimum atomic E-state index is -0.985. The number of ether oxygens (including phenoxy) is 1. The quantitative estimate of drug-likeness (QED) is 0.658. The highest BCUT2D eigenvalue weighted by Gasteiger charge is 2.20. The van der Waals surface area contributed by atoms with Crippen LogP contribution >= 0.6 is 0 Å². The molecule has 1 atom stereocenters. The van der Waals surface area contributed by atoms with Crippen LogP contribution in [0.25, 0.3) is 0 Å². The Morgan fingerprint density at radius 3 is 2.68 bits per heavy atom. The molecule has 0 bridgehead atoms. The molecule has 0 aromatic rings. The average Bonchev–Trinajstić information content (AvgIpc) is 2.42. The molecule has 5 nitrogen and oxygen atoms in total. The first-order valence-electron chi connectivity index (χ1n) is 6.84. The lowest BCUT2D eigenvalue weighted by molar-refractivity contribution is -0.142. The molecule has 1 saturated heterocycles. The molecule has 0 aromatic carbocycles. The molecule has 1 aliphatic heterocycles. The van der Waals surface area contributed by atoms with Crippen molar-refractivity contribution in [3.8, 4) is 0 Å². The molecule has 1 amide bonds. The summed E-state index contributed by atoms with van der Waals surface area (Å²) in [5.41, 5.74) is 0. The van der Waals surface area contributed by atoms with E-state index in [1.54, 1.807) is 6.08 Å². The topological polar surface area (TPSA) is 75.6 Å². The molecule has 1 fully saturated rings. The number of carbonyl (C=O) groups excluding carboxylic acids is 1. The monoisotopic (exact) mass is 269 g/mol. The number of carbonyl (C=O) groups is 2. The minimum Gasteiger partial charge on any atom is -0.480 e. The van der Waals surface area contributed by atoms with Gasteiger partial charge in [0.1, 0.15) is 6.04 Å². The Kier molecular flexibility index (Phi) is 7.18. The number of rotatable bonds is 8. The average molecular weight is 269 g/mol. The lowest BCUT2D eigenvalue weighted by Crippen LogP contribution is -2.40. The Morgan fingerprint density at radius 2 is 2.11 bits per heavy atom. The number of aliphatic carboxylic acids is 1. The van der Waals surface area contributed by atoms with E-state index in [0.29, 0.717) is 25.2 Å². The van der Waals surface area contributed by atoms with E-state index in [4.69, 9.17) is 9.84 Å². The van der Waals surface area contributed by atoms with Crippen molar-refractivity contribution in [2.24, 2.45) is 5.92 Å². The fraction of sp³-hybridized carbons (Fsp3) is 0.714. The van der Waals surface area contributed by atoms with Gasteiger partial charge in [-0.05, 0) is 38.0 Å². The second kappa shape index (κ2) is 8.69. The van der Waals surface area contributed by atoms with Crippen LogP contribution in [0.4, 0.5) is 0 Å². The van der Waals surface area contributed by atoms with Crippen LogP contribution < -0.4 is 5.32 Å². The summed E-state index contributed by atoms with van der Waals surface area (Å²) in [6, 6.07) is -0.805. The van der Waals surface area contributed by atoms with E-state index in [1.807, 2.05) is 0 Å². The number of carboxylic acids is 1. The number of carboxylic acid groups (broad SMARTS) is 1. The maximum Gasteiger partial charge on any atom is 0.326 e. The third-order valence-corrected chi connectivity index (χ3v) is 3.41. The highest BCUT2D eigenvalue weighted by Crippen LogP contribution is 2.19. The first kappa shape index (κ1) is 15.7. The van der Waals surface area contributed by atoms with E-state index in [9.17, 15) is 9.59 Å². The van der Waals surface area contributed by atoms with Crippen molar-refractivity contribution in [3.05, 3.63) is 12.7 Å². The molecule has 0 saturated carbocycles. The van der Waals surface area contributed by atoms with Gasteiger partial charge in [-0.2, -0.15) is 0 Å². The molecule has 2 N–H and O–H groups in total. The van der Waals surface area contributed by atoms with Crippen molar-refractivity contribution in [2.75, 3.05) is 13.2 Å². The van der Waals surface area contributed by atoms with E-state index >= 15 is 0 Å². The smallest absolute Gasteiger partial charge is 0.326 e. The van der Waals surface area contributed by atoms with Crippen molar-refractivity contribution >= 4 is 11.9 Å².